The lowest BCUT2D eigenvalue weighted by Gasteiger charge is -2.32. The van der Waals surface area contributed by atoms with Gasteiger partial charge in [0, 0.05) is 23.6 Å². The molecule has 0 aliphatic carbocycles. The zero-order chi connectivity index (χ0) is 28.4. The number of methoxy groups -OCH3 is 1. The summed E-state index contributed by atoms with van der Waals surface area (Å²) in [7, 11) is -2.64. The van der Waals surface area contributed by atoms with Crippen molar-refractivity contribution in [3.63, 3.8) is 0 Å². The molecule has 1 atom stereocenters. The summed E-state index contributed by atoms with van der Waals surface area (Å²) < 4.78 is 34.8. The number of halogens is 1. The molecule has 0 saturated heterocycles. The minimum atomic E-state index is -4.13. The third-order valence-corrected chi connectivity index (χ3v) is 8.47. The van der Waals surface area contributed by atoms with E-state index in [0.29, 0.717) is 12.3 Å². The highest BCUT2D eigenvalue weighted by atomic mass is 79.9. The van der Waals surface area contributed by atoms with Gasteiger partial charge in [-0.1, -0.05) is 65.7 Å². The number of hydrogen-bond acceptors (Lipinski definition) is 5. The van der Waals surface area contributed by atoms with Gasteiger partial charge in [-0.3, -0.25) is 13.9 Å². The number of nitrogens with zero attached hydrogens (tertiary/aromatic N) is 2. The molecule has 8 nitrogen and oxygen atoms in total. The van der Waals surface area contributed by atoms with Crippen LogP contribution >= 0.6 is 15.9 Å². The molecule has 0 aliphatic heterocycles. The SMILES string of the molecule is CCCCNC(=O)C(C)N(Cc1cccc(Br)c1)C(=O)CN(c1cccc(OC)c1)S(=O)(=O)c1ccccc1. The number of sulfonamides is 1. The Hall–Kier alpha value is -3.37. The molecular weight excluding hydrogens is 582 g/mol. The van der Waals surface area contributed by atoms with Crippen LogP contribution in [0.1, 0.15) is 32.3 Å². The summed E-state index contributed by atoms with van der Waals surface area (Å²) >= 11 is 3.45. The molecule has 0 saturated carbocycles. The number of nitrogens with one attached hydrogen (secondary N) is 1. The van der Waals surface area contributed by atoms with Crippen LogP contribution in [0.15, 0.2) is 88.2 Å². The molecule has 1 N–H and O–H groups in total. The first-order chi connectivity index (χ1) is 18.7. The molecule has 0 aromatic heterocycles. The number of anilines is 1. The van der Waals surface area contributed by atoms with Crippen LogP contribution in [-0.4, -0.2) is 51.4 Å². The molecule has 0 bridgehead atoms. The van der Waals surface area contributed by atoms with Crippen molar-refractivity contribution >= 4 is 43.5 Å². The Morgan fingerprint density at radius 2 is 1.72 bits per heavy atom. The predicted octanol–water partition coefficient (Wildman–Crippen LogP) is 4.99. The maximum absolute atomic E-state index is 13.9. The summed E-state index contributed by atoms with van der Waals surface area (Å²) in [5.74, 6) is -0.371. The molecule has 3 rings (SSSR count). The quantitative estimate of drug-likeness (QED) is 0.273. The second-order valence-corrected chi connectivity index (χ2v) is 11.8. The van der Waals surface area contributed by atoms with Gasteiger partial charge >= 0.3 is 0 Å². The molecule has 3 aromatic carbocycles. The van der Waals surface area contributed by atoms with E-state index in [1.807, 2.05) is 31.2 Å². The summed E-state index contributed by atoms with van der Waals surface area (Å²) in [5.41, 5.74) is 1.07. The molecule has 2 amide bonds. The van der Waals surface area contributed by atoms with Crippen molar-refractivity contribution < 1.29 is 22.7 Å². The van der Waals surface area contributed by atoms with Crippen molar-refractivity contribution in [2.75, 3.05) is 24.5 Å². The van der Waals surface area contributed by atoms with E-state index in [0.717, 1.165) is 27.2 Å². The van der Waals surface area contributed by atoms with Crippen molar-refractivity contribution in [3.05, 3.63) is 88.9 Å². The van der Waals surface area contributed by atoms with Gasteiger partial charge in [0.05, 0.1) is 17.7 Å². The molecule has 208 valence electrons. The highest BCUT2D eigenvalue weighted by Gasteiger charge is 2.32. The van der Waals surface area contributed by atoms with E-state index in [2.05, 4.69) is 21.2 Å². The monoisotopic (exact) mass is 615 g/mol. The third-order valence-electron chi connectivity index (χ3n) is 6.19. The molecule has 10 heteroatoms. The van der Waals surface area contributed by atoms with Crippen LogP contribution in [0.3, 0.4) is 0 Å². The van der Waals surface area contributed by atoms with E-state index < -0.39 is 28.5 Å². The van der Waals surface area contributed by atoms with Gasteiger partial charge in [0.1, 0.15) is 18.3 Å². The van der Waals surface area contributed by atoms with Crippen molar-refractivity contribution in [2.45, 2.75) is 44.2 Å². The summed E-state index contributed by atoms with van der Waals surface area (Å²) in [6.45, 7) is 3.79. The molecule has 0 radical (unpaired) electrons. The number of ether oxygens (including phenoxy) is 1. The number of benzene rings is 3. The minimum absolute atomic E-state index is 0.0458. The van der Waals surface area contributed by atoms with Crippen LogP contribution in [0.25, 0.3) is 0 Å². The fraction of sp³-hybridized carbons (Fsp3) is 0.310. The number of amides is 2. The molecule has 0 spiro atoms. The molecule has 0 fully saturated rings. The van der Waals surface area contributed by atoms with Gasteiger partial charge in [-0.15, -0.1) is 0 Å². The minimum Gasteiger partial charge on any atom is -0.497 e. The number of rotatable bonds is 13. The Labute approximate surface area is 239 Å². The first kappa shape index (κ1) is 30.2. The maximum Gasteiger partial charge on any atom is 0.264 e. The van der Waals surface area contributed by atoms with E-state index in [9.17, 15) is 18.0 Å². The average molecular weight is 617 g/mol. The van der Waals surface area contributed by atoms with Crippen molar-refractivity contribution in [1.82, 2.24) is 10.2 Å². The summed E-state index contributed by atoms with van der Waals surface area (Å²) in [6, 6.07) is 21.1. The van der Waals surface area contributed by atoms with Crippen LogP contribution in [0.2, 0.25) is 0 Å². The number of unbranched alkanes of at least 4 members (excludes halogenated alkanes) is 1. The van der Waals surface area contributed by atoms with Crippen LogP contribution in [0, 0.1) is 0 Å². The zero-order valence-corrected chi connectivity index (χ0v) is 24.7. The Bertz CT molecular complexity index is 1370. The highest BCUT2D eigenvalue weighted by molar-refractivity contribution is 9.10. The highest BCUT2D eigenvalue weighted by Crippen LogP contribution is 2.27. The summed E-state index contributed by atoms with van der Waals surface area (Å²) in [6.07, 6.45) is 1.74. The first-order valence-corrected chi connectivity index (χ1v) is 14.9. The normalized spacial score (nSPS) is 11.9. The predicted molar refractivity (Wildman–Crippen MR) is 156 cm³/mol. The molecule has 0 heterocycles. The van der Waals surface area contributed by atoms with Crippen LogP contribution in [-0.2, 0) is 26.2 Å². The number of carbonyl (C=O) groups is 2. The van der Waals surface area contributed by atoms with Crippen LogP contribution < -0.4 is 14.4 Å². The second kappa shape index (κ2) is 14.1. The summed E-state index contributed by atoms with van der Waals surface area (Å²) in [4.78, 5) is 28.4. The standard InChI is InChI=1S/C29H34BrN3O5S/c1-4-5-17-31-29(35)22(2)32(20-23-11-9-12-24(30)18-23)28(34)21-33(25-13-10-14-26(19-25)38-3)39(36,37)27-15-7-6-8-16-27/h6-16,18-19,22H,4-5,17,20-21H2,1-3H3,(H,31,35). The molecule has 3 aromatic rings. The smallest absolute Gasteiger partial charge is 0.264 e. The average Bonchev–Trinajstić information content (AvgIpc) is 2.94. The van der Waals surface area contributed by atoms with Gasteiger partial charge in [-0.2, -0.15) is 0 Å². The van der Waals surface area contributed by atoms with Gasteiger partial charge in [-0.05, 0) is 55.3 Å². The second-order valence-electron chi connectivity index (χ2n) is 9.00. The van der Waals surface area contributed by atoms with Gasteiger partial charge in [-0.25, -0.2) is 8.42 Å². The lowest BCUT2D eigenvalue weighted by Crippen LogP contribution is -2.51. The maximum atomic E-state index is 13.9. The van der Waals surface area contributed by atoms with E-state index in [4.69, 9.17) is 4.74 Å². The van der Waals surface area contributed by atoms with Gasteiger partial charge < -0.3 is 15.0 Å². The fourth-order valence-electron chi connectivity index (χ4n) is 3.96. The fourth-order valence-corrected chi connectivity index (χ4v) is 5.84. The number of carbonyl (C=O) groups excluding carboxylic acids is 2. The van der Waals surface area contributed by atoms with Crippen molar-refractivity contribution in [3.8, 4) is 5.75 Å². The van der Waals surface area contributed by atoms with Crippen molar-refractivity contribution in [2.24, 2.45) is 0 Å². The first-order valence-electron chi connectivity index (χ1n) is 12.7. The number of hydrogen-bond donors (Lipinski definition) is 1. The molecule has 39 heavy (non-hydrogen) atoms. The Morgan fingerprint density at radius 3 is 2.38 bits per heavy atom. The van der Waals surface area contributed by atoms with Gasteiger partial charge in [0.15, 0.2) is 0 Å². The van der Waals surface area contributed by atoms with E-state index in [1.165, 1.54) is 24.1 Å². The molecule has 1 unspecified atom stereocenters. The lowest BCUT2D eigenvalue weighted by molar-refractivity contribution is -0.139. The Kier molecular flexibility index (Phi) is 10.9. The van der Waals surface area contributed by atoms with E-state index >= 15 is 0 Å². The molecular formula is C29H34BrN3O5S. The largest absolute Gasteiger partial charge is 0.497 e. The summed E-state index contributed by atoms with van der Waals surface area (Å²) in [5, 5.41) is 2.88. The Morgan fingerprint density at radius 1 is 1.00 bits per heavy atom. The van der Waals surface area contributed by atoms with E-state index in [-0.39, 0.29) is 23.0 Å². The van der Waals surface area contributed by atoms with Crippen LogP contribution in [0.5, 0.6) is 5.75 Å². The molecule has 0 aliphatic rings. The van der Waals surface area contributed by atoms with Crippen LogP contribution in [0.4, 0.5) is 5.69 Å². The van der Waals surface area contributed by atoms with Crippen molar-refractivity contribution in [1.29, 1.82) is 0 Å². The zero-order valence-electron chi connectivity index (χ0n) is 22.3. The van der Waals surface area contributed by atoms with E-state index in [1.54, 1.807) is 49.4 Å². The lowest BCUT2D eigenvalue weighted by atomic mass is 10.1. The van der Waals surface area contributed by atoms with Gasteiger partial charge in [0.25, 0.3) is 10.0 Å². The Balaban J connectivity index is 2.01. The third kappa shape index (κ3) is 8.06. The topological polar surface area (TPSA) is 96.0 Å². The van der Waals surface area contributed by atoms with Gasteiger partial charge in [0.2, 0.25) is 11.8 Å².